The summed E-state index contributed by atoms with van der Waals surface area (Å²) in [6, 6.07) is 17.8. The van der Waals surface area contributed by atoms with Crippen LogP contribution in [0.4, 0.5) is 4.39 Å². The fourth-order valence-corrected chi connectivity index (χ4v) is 3.82. The minimum absolute atomic E-state index is 0.284. The van der Waals surface area contributed by atoms with Gasteiger partial charge in [-0.1, -0.05) is 29.8 Å². The van der Waals surface area contributed by atoms with E-state index < -0.39 is 12.6 Å². The van der Waals surface area contributed by atoms with Crippen LogP contribution >= 0.6 is 22.9 Å². The van der Waals surface area contributed by atoms with E-state index in [0.29, 0.717) is 31.4 Å². The lowest BCUT2D eigenvalue weighted by atomic mass is 10.0. The van der Waals surface area contributed by atoms with Gasteiger partial charge >= 0.3 is 5.97 Å². The molecule has 4 nitrogen and oxygen atoms in total. The van der Waals surface area contributed by atoms with Crippen LogP contribution in [-0.4, -0.2) is 23.3 Å². The van der Waals surface area contributed by atoms with Gasteiger partial charge in [-0.25, -0.2) is 14.2 Å². The van der Waals surface area contributed by atoms with Crippen molar-refractivity contribution in [1.82, 2.24) is 4.98 Å². The van der Waals surface area contributed by atoms with Crippen LogP contribution in [-0.2, 0) is 4.74 Å². The van der Waals surface area contributed by atoms with Crippen molar-refractivity contribution in [2.75, 3.05) is 6.61 Å². The van der Waals surface area contributed by atoms with Crippen molar-refractivity contribution in [1.29, 1.82) is 0 Å². The van der Waals surface area contributed by atoms with Gasteiger partial charge in [0.1, 0.15) is 5.82 Å². The Labute approximate surface area is 174 Å². The normalized spacial score (nSPS) is 10.8. The molecule has 4 aromatic rings. The Balaban J connectivity index is 1.65. The maximum Gasteiger partial charge on any atom is 0.339 e. The molecule has 0 aliphatic rings. The lowest BCUT2D eigenvalue weighted by Crippen LogP contribution is -2.14. The Morgan fingerprint density at radius 2 is 1.79 bits per heavy atom. The summed E-state index contributed by atoms with van der Waals surface area (Å²) in [6.07, 6.45) is 0. The molecule has 0 radical (unpaired) electrons. The number of rotatable bonds is 5. The third-order valence-corrected chi connectivity index (χ3v) is 5.53. The fraction of sp³-hybridized carbons (Fsp3) is 0.0455. The number of esters is 1. The Kier molecular flexibility index (Phi) is 5.38. The van der Waals surface area contributed by atoms with Crippen LogP contribution in [0.3, 0.4) is 0 Å². The minimum Gasteiger partial charge on any atom is -0.454 e. The highest BCUT2D eigenvalue weighted by molar-refractivity contribution is 7.18. The third-order valence-electron chi connectivity index (χ3n) is 4.26. The van der Waals surface area contributed by atoms with Gasteiger partial charge in [-0.15, -0.1) is 11.3 Å². The van der Waals surface area contributed by atoms with Crippen molar-refractivity contribution < 1.29 is 18.7 Å². The molecule has 0 atom stereocenters. The maximum absolute atomic E-state index is 13.2. The number of Topliss-reactive ketones (excluding diaryl/α,β-unsaturated/α-hetero) is 1. The molecule has 2 heterocycles. The first-order chi connectivity index (χ1) is 14.0. The summed E-state index contributed by atoms with van der Waals surface area (Å²) in [5.74, 6) is -1.32. The van der Waals surface area contributed by atoms with E-state index in [-0.39, 0.29) is 17.2 Å². The van der Waals surface area contributed by atoms with Crippen LogP contribution in [0.2, 0.25) is 4.34 Å². The number of ether oxygens (including phenoxy) is 1. The van der Waals surface area contributed by atoms with E-state index in [1.54, 1.807) is 48.5 Å². The summed E-state index contributed by atoms with van der Waals surface area (Å²) in [4.78, 5) is 29.9. The second kappa shape index (κ2) is 8.11. The van der Waals surface area contributed by atoms with Crippen molar-refractivity contribution in [3.8, 4) is 11.3 Å². The summed E-state index contributed by atoms with van der Waals surface area (Å²) in [5, 5.41) is 0.606. The first-order valence-electron chi connectivity index (χ1n) is 8.62. The smallest absolute Gasteiger partial charge is 0.339 e. The number of pyridine rings is 1. The van der Waals surface area contributed by atoms with Gasteiger partial charge < -0.3 is 4.74 Å². The summed E-state index contributed by atoms with van der Waals surface area (Å²) >= 11 is 6.97. The number of nitrogens with zero attached hydrogens (tertiary/aromatic N) is 1. The van der Waals surface area contributed by atoms with Crippen molar-refractivity contribution in [2.24, 2.45) is 0 Å². The quantitative estimate of drug-likeness (QED) is 0.299. The number of carbonyl (C=O) groups is 2. The van der Waals surface area contributed by atoms with E-state index in [4.69, 9.17) is 16.3 Å². The molecule has 4 rings (SSSR count). The Hall–Kier alpha value is -3.09. The molecular formula is C22H13ClFNO3S. The molecular weight excluding hydrogens is 413 g/mol. The monoisotopic (exact) mass is 425 g/mol. The highest BCUT2D eigenvalue weighted by Crippen LogP contribution is 2.26. The molecule has 0 bridgehead atoms. The van der Waals surface area contributed by atoms with Gasteiger partial charge in [-0.3, -0.25) is 4.79 Å². The lowest BCUT2D eigenvalue weighted by molar-refractivity contribution is 0.0478. The number of benzene rings is 2. The van der Waals surface area contributed by atoms with E-state index >= 15 is 0 Å². The predicted molar refractivity (Wildman–Crippen MR) is 111 cm³/mol. The molecule has 7 heteroatoms. The minimum atomic E-state index is -0.636. The van der Waals surface area contributed by atoms with Gasteiger partial charge in [0.05, 0.1) is 26.0 Å². The average molecular weight is 426 g/mol. The molecule has 0 spiro atoms. The maximum atomic E-state index is 13.2. The SMILES string of the molecule is O=C(COC(=O)c1cc(-c2ccc(F)cc2)nc2ccccc12)c1ccc(Cl)s1. The van der Waals surface area contributed by atoms with E-state index in [1.807, 2.05) is 6.07 Å². The first-order valence-corrected chi connectivity index (χ1v) is 9.82. The lowest BCUT2D eigenvalue weighted by Gasteiger charge is -2.10. The fourth-order valence-electron chi connectivity index (χ4n) is 2.86. The number of aromatic nitrogens is 1. The summed E-state index contributed by atoms with van der Waals surface area (Å²) in [5.41, 5.74) is 2.05. The summed E-state index contributed by atoms with van der Waals surface area (Å²) in [6.45, 7) is -0.391. The van der Waals surface area contributed by atoms with Crippen LogP contribution in [0.15, 0.2) is 66.7 Å². The molecule has 0 aliphatic heterocycles. The predicted octanol–water partition coefficient (Wildman–Crippen LogP) is 5.80. The molecule has 0 saturated carbocycles. The summed E-state index contributed by atoms with van der Waals surface area (Å²) < 4.78 is 19.0. The molecule has 2 aromatic carbocycles. The van der Waals surface area contributed by atoms with Gasteiger partial charge in [0.25, 0.3) is 0 Å². The zero-order valence-electron chi connectivity index (χ0n) is 14.9. The van der Waals surface area contributed by atoms with Gasteiger partial charge in [0.15, 0.2) is 6.61 Å². The second-order valence-electron chi connectivity index (χ2n) is 6.18. The highest BCUT2D eigenvalue weighted by atomic mass is 35.5. The zero-order chi connectivity index (χ0) is 20.4. The van der Waals surface area contributed by atoms with E-state index in [9.17, 15) is 14.0 Å². The number of hydrogen-bond acceptors (Lipinski definition) is 5. The van der Waals surface area contributed by atoms with Crippen molar-refractivity contribution >= 4 is 45.6 Å². The van der Waals surface area contributed by atoms with Crippen molar-refractivity contribution in [2.45, 2.75) is 0 Å². The van der Waals surface area contributed by atoms with E-state index in [0.717, 1.165) is 11.3 Å². The number of thiophene rings is 1. The number of fused-ring (bicyclic) bond motifs is 1. The van der Waals surface area contributed by atoms with Crippen LogP contribution in [0.5, 0.6) is 0 Å². The van der Waals surface area contributed by atoms with Crippen molar-refractivity contribution in [3.63, 3.8) is 0 Å². The number of carbonyl (C=O) groups excluding carboxylic acids is 2. The van der Waals surface area contributed by atoms with Crippen LogP contribution in [0.25, 0.3) is 22.2 Å². The van der Waals surface area contributed by atoms with E-state index in [2.05, 4.69) is 4.98 Å². The molecule has 144 valence electrons. The number of hydrogen-bond donors (Lipinski definition) is 0. The molecule has 2 aromatic heterocycles. The Bertz CT molecular complexity index is 1220. The molecule has 0 fully saturated rings. The van der Waals surface area contributed by atoms with Crippen LogP contribution < -0.4 is 0 Å². The topological polar surface area (TPSA) is 56.3 Å². The zero-order valence-corrected chi connectivity index (χ0v) is 16.5. The number of halogens is 2. The van der Waals surface area contributed by atoms with Gasteiger partial charge in [0, 0.05) is 10.9 Å². The number of para-hydroxylation sites is 1. The van der Waals surface area contributed by atoms with Gasteiger partial charge in [-0.2, -0.15) is 0 Å². The molecule has 0 N–H and O–H groups in total. The molecule has 0 aliphatic carbocycles. The summed E-state index contributed by atoms with van der Waals surface area (Å²) in [7, 11) is 0. The molecule has 0 unspecified atom stereocenters. The van der Waals surface area contributed by atoms with Gasteiger partial charge in [0.2, 0.25) is 5.78 Å². The molecule has 0 amide bonds. The highest BCUT2D eigenvalue weighted by Gasteiger charge is 2.18. The van der Waals surface area contributed by atoms with Crippen LogP contribution in [0.1, 0.15) is 20.0 Å². The third kappa shape index (κ3) is 4.18. The first kappa shape index (κ1) is 19.2. The second-order valence-corrected chi connectivity index (χ2v) is 7.90. The van der Waals surface area contributed by atoms with Gasteiger partial charge in [-0.05, 0) is 48.5 Å². The largest absolute Gasteiger partial charge is 0.454 e. The molecule has 0 saturated heterocycles. The van der Waals surface area contributed by atoms with E-state index in [1.165, 1.54) is 12.1 Å². The Morgan fingerprint density at radius 3 is 2.52 bits per heavy atom. The Morgan fingerprint density at radius 1 is 1.03 bits per heavy atom. The van der Waals surface area contributed by atoms with Crippen molar-refractivity contribution in [3.05, 3.63) is 87.3 Å². The number of ketones is 1. The molecule has 29 heavy (non-hydrogen) atoms. The standard InChI is InChI=1S/C22H13ClFNO3S/c23-21-10-9-20(29-21)19(26)12-28-22(27)16-11-18(13-5-7-14(24)8-6-13)25-17-4-2-1-3-15(16)17/h1-11H,12H2. The van der Waals surface area contributed by atoms with Crippen LogP contribution in [0, 0.1) is 5.82 Å². The average Bonchev–Trinajstić information content (AvgIpc) is 3.18.